The first-order valence-electron chi connectivity index (χ1n) is 34.2. The fraction of sp³-hybridized carbons (Fsp3) is 0.182. The van der Waals surface area contributed by atoms with E-state index < -0.39 is 14.7 Å². The maximum absolute atomic E-state index is 6.20. The van der Waals surface area contributed by atoms with Crippen LogP contribution in [0.1, 0.15) is 128 Å². The van der Waals surface area contributed by atoms with Crippen LogP contribution in [0.2, 0.25) is 0 Å². The molecule has 0 amide bonds. The van der Waals surface area contributed by atoms with Gasteiger partial charge in [-0.2, -0.15) is 0 Å². The number of fused-ring (bicyclic) bond motifs is 18. The molecule has 0 atom stereocenters. The molecule has 10 heteroatoms. The third-order valence-electron chi connectivity index (χ3n) is 20.8. The van der Waals surface area contributed by atoms with Crippen LogP contribution in [0.15, 0.2) is 248 Å². The van der Waals surface area contributed by atoms with Gasteiger partial charge in [-0.1, -0.05) is 0 Å². The van der Waals surface area contributed by atoms with Crippen molar-refractivity contribution in [3.8, 4) is 44.5 Å². The van der Waals surface area contributed by atoms with Crippen molar-refractivity contribution >= 4 is 128 Å². The van der Waals surface area contributed by atoms with Crippen molar-refractivity contribution in [2.75, 3.05) is 0 Å². The zero-order chi connectivity index (χ0) is 67.2. The summed E-state index contributed by atoms with van der Waals surface area (Å²) in [6.07, 6.45) is 0. The third kappa shape index (κ3) is 9.37. The van der Waals surface area contributed by atoms with E-state index in [2.05, 4.69) is 308 Å². The summed E-state index contributed by atoms with van der Waals surface area (Å²) in [5.41, 5.74) is 18.6. The van der Waals surface area contributed by atoms with E-state index in [0.29, 0.717) is 23.3 Å². The Morgan fingerprint density at radius 1 is 0.276 bits per heavy atom. The first-order valence-corrected chi connectivity index (χ1v) is 42.1. The summed E-state index contributed by atoms with van der Waals surface area (Å²) in [6, 6.07) is 81.3. The van der Waals surface area contributed by atoms with Crippen molar-refractivity contribution < 1.29 is 0 Å². The molecule has 18 rings (SSSR count). The molecule has 0 unspecified atom stereocenters. The summed E-state index contributed by atoms with van der Waals surface area (Å²) in [5, 5.41) is 12.7. The summed E-state index contributed by atoms with van der Waals surface area (Å²) in [4.78, 5) is 36.5. The van der Waals surface area contributed by atoms with Gasteiger partial charge in [0.25, 0.3) is 0 Å². The van der Waals surface area contributed by atoms with Gasteiger partial charge in [0, 0.05) is 0 Å². The molecule has 0 N–H and O–H groups in total. The van der Waals surface area contributed by atoms with Crippen LogP contribution in [0, 0.1) is 0 Å². The second kappa shape index (κ2) is 21.6. The zero-order valence-corrected chi connectivity index (χ0v) is 61.3. The Balaban J connectivity index is 1.08. The molecule has 0 spiro atoms. The molecule has 12 aromatic carbocycles. The summed E-state index contributed by atoms with van der Waals surface area (Å²) < 4.78 is 4.97. The Kier molecular flexibility index (Phi) is 13.3. The molecule has 6 bridgehead atoms. The SMILES string of the molecule is CC(C)(C)c1ccc(-c2c3c(cc4ccccc24)C2=Nc4c5c(-c6ccc(C(C)(C)C)cc6)c6ccccc6cc5c5[n]4[Ga]([Br])[n]4c(c6cc7ccccc7c(-c7ccc(C(C)(C)C)cc7)c6c4=NC4=NC(=N5)c5c4cc4ccccc4c5-c4ccc(C(C)(C)C)cc4)=NC3=N2)cc1. The van der Waals surface area contributed by atoms with Gasteiger partial charge in [-0.25, -0.2) is 0 Å². The van der Waals surface area contributed by atoms with Crippen LogP contribution in [0.5, 0.6) is 0 Å². The quantitative estimate of drug-likeness (QED) is 0.157. The van der Waals surface area contributed by atoms with E-state index in [0.717, 1.165) is 154 Å². The van der Waals surface area contributed by atoms with Gasteiger partial charge in [0.05, 0.1) is 0 Å². The molecule has 4 aliphatic heterocycles. The summed E-state index contributed by atoms with van der Waals surface area (Å²) in [6.45, 7) is 27.4. The number of benzene rings is 12. The summed E-state index contributed by atoms with van der Waals surface area (Å²) in [5.74, 6) is 3.88. The molecule has 0 saturated heterocycles. The molecule has 0 radical (unpaired) electrons. The molecular weight excluding hydrogens is 1320 g/mol. The van der Waals surface area contributed by atoms with Crippen LogP contribution in [0.3, 0.4) is 0 Å². The van der Waals surface area contributed by atoms with Crippen molar-refractivity contribution in [2.24, 2.45) is 30.0 Å². The molecule has 6 heterocycles. The number of hydrogen-bond acceptors (Lipinski definition) is 6. The van der Waals surface area contributed by atoms with Crippen molar-refractivity contribution in [3.05, 3.63) is 274 Å². The molecule has 8 nitrogen and oxygen atoms in total. The molecule has 2 aromatic heterocycles. The van der Waals surface area contributed by atoms with E-state index >= 15 is 0 Å². The average molecular weight is 1390 g/mol. The minimum absolute atomic E-state index is 0.0518. The molecule has 474 valence electrons. The van der Waals surface area contributed by atoms with E-state index in [1.165, 1.54) is 22.3 Å². The standard InChI is InChI=1S/C88H72N8.BrH.Ga/c1-85(2,3)57-37-29-49(30-38-57)69-61-25-17-13-21-53(61)45-65-73(69)81-89-77(65)94-82-75-67(47-55-23-15-19-27-63(55)71(75)51-33-41-59(42-34-51)87(7,8)9)79(91-82)96-84-76-68(48-56-24-16-20-28-64(56)72(76)52-35-43-60(44-36-52)88(10,11)12)80(92-84)95-83-74-66(78(90-83)93-81)46-54-22-14-18-26-62(54)70(74)50-31-39-58(40-32-50)86(4,5)6;;/h13-48H,1-12H3;1H;/q-2;;+3/p-1. The number of aliphatic imine (C=N–C) groups is 4. The second-order valence-electron chi connectivity index (χ2n) is 31.2. The van der Waals surface area contributed by atoms with Crippen LogP contribution in [0.4, 0.5) is 11.6 Å². The summed E-state index contributed by atoms with van der Waals surface area (Å²) >= 11 is 0.959. The number of hydrogen-bond donors (Lipinski definition) is 0. The predicted octanol–water partition coefficient (Wildman–Crippen LogP) is 21.8. The second-order valence-corrected chi connectivity index (χ2v) is 38.9. The fourth-order valence-corrected chi connectivity index (χ4v) is 23.4. The third-order valence-corrected chi connectivity index (χ3v) is 28.9. The van der Waals surface area contributed by atoms with E-state index in [9.17, 15) is 0 Å². The van der Waals surface area contributed by atoms with Crippen LogP contribution in [0.25, 0.3) is 109 Å². The van der Waals surface area contributed by atoms with Gasteiger partial charge in [-0.05, 0) is 0 Å². The van der Waals surface area contributed by atoms with Gasteiger partial charge in [-0.15, -0.1) is 0 Å². The topological polar surface area (TPSA) is 84.0 Å². The van der Waals surface area contributed by atoms with Crippen LogP contribution in [-0.4, -0.2) is 44.6 Å². The molecule has 0 aliphatic carbocycles. The Labute approximate surface area is 583 Å². The number of amidine groups is 4. The normalized spacial score (nSPS) is 14.4. The Bertz CT molecular complexity index is 6110. The van der Waals surface area contributed by atoms with Gasteiger partial charge in [-0.3, -0.25) is 0 Å². The van der Waals surface area contributed by atoms with E-state index in [1.54, 1.807) is 0 Å². The van der Waals surface area contributed by atoms with E-state index in [1.807, 2.05) is 0 Å². The number of halogens is 1. The fourth-order valence-electron chi connectivity index (χ4n) is 15.6. The van der Waals surface area contributed by atoms with Gasteiger partial charge in [0.1, 0.15) is 0 Å². The average Bonchev–Trinajstić information content (AvgIpc) is 1.53. The molecule has 14 aromatic rings. The van der Waals surface area contributed by atoms with Crippen LogP contribution < -0.4 is 11.0 Å². The molecule has 0 fully saturated rings. The van der Waals surface area contributed by atoms with Crippen LogP contribution in [-0.2, 0) is 21.7 Å². The summed E-state index contributed by atoms with van der Waals surface area (Å²) in [7, 11) is 0. The van der Waals surface area contributed by atoms with Crippen LogP contribution >= 0.6 is 13.6 Å². The number of aromatic nitrogens is 2. The minimum atomic E-state index is -3.88. The maximum atomic E-state index is 6.20. The first-order chi connectivity index (χ1) is 47.0. The zero-order valence-electron chi connectivity index (χ0n) is 57.3. The molecular formula is C88H72BrGaN8. The Morgan fingerprint density at radius 2 is 0.602 bits per heavy atom. The van der Waals surface area contributed by atoms with Gasteiger partial charge in [0.2, 0.25) is 0 Å². The van der Waals surface area contributed by atoms with Crippen molar-refractivity contribution in [2.45, 2.75) is 105 Å². The van der Waals surface area contributed by atoms with Crippen molar-refractivity contribution in [3.63, 3.8) is 0 Å². The predicted molar refractivity (Wildman–Crippen MR) is 417 cm³/mol. The number of rotatable bonds is 4. The Hall–Kier alpha value is -9.84. The van der Waals surface area contributed by atoms with Crippen molar-refractivity contribution in [1.82, 2.24) is 6.55 Å². The first kappa shape index (κ1) is 60.6. The van der Waals surface area contributed by atoms with Gasteiger partial charge in [0.15, 0.2) is 0 Å². The Morgan fingerprint density at radius 3 is 1.03 bits per heavy atom. The van der Waals surface area contributed by atoms with E-state index in [-0.39, 0.29) is 21.7 Å². The van der Waals surface area contributed by atoms with Gasteiger partial charge >= 0.3 is 588 Å². The van der Waals surface area contributed by atoms with E-state index in [4.69, 9.17) is 43.5 Å². The molecule has 0 saturated carbocycles. The number of nitrogens with zero attached hydrogens (tertiary/aromatic N) is 8. The molecule has 98 heavy (non-hydrogen) atoms. The molecule has 4 aliphatic rings. The monoisotopic (exact) mass is 1390 g/mol. The van der Waals surface area contributed by atoms with Gasteiger partial charge < -0.3 is 0 Å². The van der Waals surface area contributed by atoms with Crippen molar-refractivity contribution in [1.29, 1.82) is 0 Å².